The summed E-state index contributed by atoms with van der Waals surface area (Å²) in [6.45, 7) is 0. The van der Waals surface area contributed by atoms with E-state index in [0.717, 1.165) is 10.2 Å². The fourth-order valence-corrected chi connectivity index (χ4v) is 1.91. The third-order valence-corrected chi connectivity index (χ3v) is 2.90. The Morgan fingerprint density at radius 2 is 2.27 bits per heavy atom. The standard InChI is InChI=1S/C10H7BrN2OS/c11-7-1-2-8(12-4-7)3-10(14)9-5-15-6-13-9/h1-2,4-6H,3H2. The minimum atomic E-state index is 0.00562. The molecule has 0 aliphatic rings. The molecule has 3 nitrogen and oxygen atoms in total. The van der Waals surface area contributed by atoms with E-state index in [0.29, 0.717) is 12.1 Å². The van der Waals surface area contributed by atoms with Crippen LogP contribution >= 0.6 is 27.3 Å². The van der Waals surface area contributed by atoms with Gasteiger partial charge in [0.2, 0.25) is 0 Å². The molecular formula is C10H7BrN2OS. The monoisotopic (exact) mass is 282 g/mol. The molecule has 0 saturated carbocycles. The lowest BCUT2D eigenvalue weighted by atomic mass is 10.2. The van der Waals surface area contributed by atoms with Crippen molar-refractivity contribution in [2.45, 2.75) is 6.42 Å². The Morgan fingerprint density at radius 3 is 2.87 bits per heavy atom. The largest absolute Gasteiger partial charge is 0.292 e. The molecule has 2 aromatic rings. The summed E-state index contributed by atoms with van der Waals surface area (Å²) in [4.78, 5) is 19.8. The van der Waals surface area contributed by atoms with Crippen LogP contribution in [0.3, 0.4) is 0 Å². The molecule has 0 unspecified atom stereocenters. The van der Waals surface area contributed by atoms with E-state index >= 15 is 0 Å². The Hall–Kier alpha value is -1.07. The average molecular weight is 283 g/mol. The van der Waals surface area contributed by atoms with E-state index in [2.05, 4.69) is 25.9 Å². The molecule has 0 bridgehead atoms. The zero-order valence-electron chi connectivity index (χ0n) is 7.68. The Bertz CT molecular complexity index is 453. The summed E-state index contributed by atoms with van der Waals surface area (Å²) < 4.78 is 0.910. The average Bonchev–Trinajstić information content (AvgIpc) is 2.74. The fraction of sp³-hybridized carbons (Fsp3) is 0.100. The van der Waals surface area contributed by atoms with Gasteiger partial charge in [-0.05, 0) is 28.1 Å². The second-order valence-electron chi connectivity index (χ2n) is 2.94. The third kappa shape index (κ3) is 2.70. The number of pyridine rings is 1. The van der Waals surface area contributed by atoms with Crippen LogP contribution in [0, 0.1) is 0 Å². The van der Waals surface area contributed by atoms with Crippen LogP contribution in [-0.2, 0) is 6.42 Å². The summed E-state index contributed by atoms with van der Waals surface area (Å²) in [6.07, 6.45) is 1.99. The number of nitrogens with zero attached hydrogens (tertiary/aromatic N) is 2. The van der Waals surface area contributed by atoms with Crippen LogP contribution < -0.4 is 0 Å². The summed E-state index contributed by atoms with van der Waals surface area (Å²) in [5, 5.41) is 1.75. The molecule has 15 heavy (non-hydrogen) atoms. The Kier molecular flexibility index (Phi) is 3.23. The third-order valence-electron chi connectivity index (χ3n) is 1.85. The molecule has 5 heteroatoms. The normalized spacial score (nSPS) is 10.2. The zero-order chi connectivity index (χ0) is 10.7. The first-order valence-corrected chi connectivity index (χ1v) is 6.01. The van der Waals surface area contributed by atoms with Crippen LogP contribution in [0.4, 0.5) is 0 Å². The Labute approximate surface area is 99.3 Å². The summed E-state index contributed by atoms with van der Waals surface area (Å²) in [6, 6.07) is 3.70. The molecule has 0 spiro atoms. The number of hydrogen-bond acceptors (Lipinski definition) is 4. The molecule has 0 saturated heterocycles. The first-order valence-electron chi connectivity index (χ1n) is 4.27. The first kappa shape index (κ1) is 10.4. The van der Waals surface area contributed by atoms with Gasteiger partial charge in [0.05, 0.1) is 11.9 Å². The van der Waals surface area contributed by atoms with E-state index in [1.165, 1.54) is 11.3 Å². The van der Waals surface area contributed by atoms with Gasteiger partial charge in [0.1, 0.15) is 5.69 Å². The van der Waals surface area contributed by atoms with Gasteiger partial charge < -0.3 is 0 Å². The van der Waals surface area contributed by atoms with Crippen molar-refractivity contribution >= 4 is 33.0 Å². The maximum atomic E-state index is 11.7. The Balaban J connectivity index is 2.09. The summed E-state index contributed by atoms with van der Waals surface area (Å²) in [5.74, 6) is 0.00562. The lowest BCUT2D eigenvalue weighted by molar-refractivity contribution is 0.0988. The molecule has 0 amide bonds. The number of Topliss-reactive ketones (excluding diaryl/α,β-unsaturated/α-hetero) is 1. The summed E-state index contributed by atoms with van der Waals surface area (Å²) in [7, 11) is 0. The number of rotatable bonds is 3. The van der Waals surface area contributed by atoms with Gasteiger partial charge in [-0.2, -0.15) is 0 Å². The highest BCUT2D eigenvalue weighted by atomic mass is 79.9. The minimum Gasteiger partial charge on any atom is -0.292 e. The SMILES string of the molecule is O=C(Cc1ccc(Br)cn1)c1cscn1. The van der Waals surface area contributed by atoms with Gasteiger partial charge in [-0.25, -0.2) is 4.98 Å². The maximum Gasteiger partial charge on any atom is 0.187 e. The summed E-state index contributed by atoms with van der Waals surface area (Å²) in [5.41, 5.74) is 2.93. The van der Waals surface area contributed by atoms with E-state index < -0.39 is 0 Å². The lowest BCUT2D eigenvalue weighted by Crippen LogP contribution is -2.04. The smallest absolute Gasteiger partial charge is 0.187 e. The van der Waals surface area contributed by atoms with Crippen molar-refractivity contribution < 1.29 is 4.79 Å². The van der Waals surface area contributed by atoms with Crippen LogP contribution in [0.25, 0.3) is 0 Å². The van der Waals surface area contributed by atoms with Gasteiger partial charge in [-0.3, -0.25) is 9.78 Å². The quantitative estimate of drug-likeness (QED) is 0.813. The van der Waals surface area contributed by atoms with E-state index in [4.69, 9.17) is 0 Å². The molecule has 0 radical (unpaired) electrons. The van der Waals surface area contributed by atoms with Crippen molar-refractivity contribution in [1.29, 1.82) is 0 Å². The van der Waals surface area contributed by atoms with E-state index in [1.807, 2.05) is 12.1 Å². The molecule has 2 rings (SSSR count). The van der Waals surface area contributed by atoms with Crippen LogP contribution in [0.2, 0.25) is 0 Å². The van der Waals surface area contributed by atoms with E-state index in [-0.39, 0.29) is 5.78 Å². The first-order chi connectivity index (χ1) is 7.25. The molecule has 0 fully saturated rings. The van der Waals surface area contributed by atoms with Gasteiger partial charge in [0.15, 0.2) is 5.78 Å². The van der Waals surface area contributed by atoms with Crippen molar-refractivity contribution in [3.05, 3.63) is 45.1 Å². The lowest BCUT2D eigenvalue weighted by Gasteiger charge is -1.97. The topological polar surface area (TPSA) is 42.9 Å². The van der Waals surface area contributed by atoms with Crippen molar-refractivity contribution in [2.75, 3.05) is 0 Å². The number of ketones is 1. The van der Waals surface area contributed by atoms with E-state index in [9.17, 15) is 4.79 Å². The molecular weight excluding hydrogens is 276 g/mol. The van der Waals surface area contributed by atoms with E-state index in [1.54, 1.807) is 17.1 Å². The van der Waals surface area contributed by atoms with Crippen molar-refractivity contribution in [2.24, 2.45) is 0 Å². The minimum absolute atomic E-state index is 0.00562. The van der Waals surface area contributed by atoms with Crippen molar-refractivity contribution in [3.8, 4) is 0 Å². The number of thiazole rings is 1. The second-order valence-corrected chi connectivity index (χ2v) is 4.58. The highest BCUT2D eigenvalue weighted by molar-refractivity contribution is 9.10. The number of carbonyl (C=O) groups excluding carboxylic acids is 1. The highest BCUT2D eigenvalue weighted by Crippen LogP contribution is 2.10. The molecule has 0 aliphatic heterocycles. The molecule has 2 aromatic heterocycles. The van der Waals surface area contributed by atoms with Gasteiger partial charge in [-0.1, -0.05) is 0 Å². The predicted molar refractivity (Wildman–Crippen MR) is 62.1 cm³/mol. The van der Waals surface area contributed by atoms with Crippen LogP contribution in [-0.4, -0.2) is 15.8 Å². The van der Waals surface area contributed by atoms with Crippen molar-refractivity contribution in [1.82, 2.24) is 9.97 Å². The maximum absolute atomic E-state index is 11.7. The molecule has 0 N–H and O–H groups in total. The number of halogens is 1. The number of aromatic nitrogens is 2. The van der Waals surface area contributed by atoms with Crippen molar-refractivity contribution in [3.63, 3.8) is 0 Å². The number of carbonyl (C=O) groups is 1. The summed E-state index contributed by atoms with van der Waals surface area (Å²) >= 11 is 4.71. The van der Waals surface area contributed by atoms with Gasteiger partial charge in [0.25, 0.3) is 0 Å². The van der Waals surface area contributed by atoms with Gasteiger partial charge in [0, 0.05) is 21.7 Å². The molecule has 2 heterocycles. The van der Waals surface area contributed by atoms with Gasteiger partial charge in [-0.15, -0.1) is 11.3 Å². The number of hydrogen-bond donors (Lipinski definition) is 0. The molecule has 0 aliphatic carbocycles. The highest BCUT2D eigenvalue weighted by Gasteiger charge is 2.09. The second kappa shape index (κ2) is 4.63. The molecule has 76 valence electrons. The Morgan fingerprint density at radius 1 is 1.40 bits per heavy atom. The predicted octanol–water partition coefficient (Wildman–Crippen LogP) is 2.73. The van der Waals surface area contributed by atoms with Gasteiger partial charge >= 0.3 is 0 Å². The molecule has 0 aromatic carbocycles. The van der Waals surface area contributed by atoms with Crippen LogP contribution in [0.1, 0.15) is 16.2 Å². The molecule has 0 atom stereocenters. The fourth-order valence-electron chi connectivity index (χ4n) is 1.12. The van der Waals surface area contributed by atoms with Crippen LogP contribution in [0.5, 0.6) is 0 Å². The zero-order valence-corrected chi connectivity index (χ0v) is 10.1. The van der Waals surface area contributed by atoms with Crippen LogP contribution in [0.15, 0.2) is 33.7 Å².